The molecule has 0 saturated carbocycles. The zero-order valence-corrected chi connectivity index (χ0v) is 12.1. The van der Waals surface area contributed by atoms with Crippen LogP contribution in [0.2, 0.25) is 5.02 Å². The van der Waals surface area contributed by atoms with Crippen molar-refractivity contribution >= 4 is 29.3 Å². The quantitative estimate of drug-likeness (QED) is 0.791. The largest absolute Gasteiger partial charge is 0.478 e. The molecule has 0 radical (unpaired) electrons. The van der Waals surface area contributed by atoms with Gasteiger partial charge >= 0.3 is 12.0 Å². The standard InChI is InChI=1S/C13H17ClN2O4/c1-3-20-7-6-16(2)13(19)15-9-4-5-10(12(17)18)11(14)8-9/h4-5,8H,3,6-7H2,1-2H3,(H,15,19)(H,17,18). The van der Waals surface area contributed by atoms with E-state index in [9.17, 15) is 9.59 Å². The fraction of sp³-hybridized carbons (Fsp3) is 0.385. The van der Waals surface area contributed by atoms with Gasteiger partial charge in [0.15, 0.2) is 0 Å². The third-order valence-corrected chi connectivity index (χ3v) is 2.89. The Labute approximate surface area is 122 Å². The minimum absolute atomic E-state index is 0.00522. The Bertz CT molecular complexity index is 493. The number of carbonyl (C=O) groups excluding carboxylic acids is 1. The van der Waals surface area contributed by atoms with Crippen molar-refractivity contribution in [1.29, 1.82) is 0 Å². The number of aromatic carboxylic acids is 1. The second kappa shape index (κ2) is 7.72. The van der Waals surface area contributed by atoms with E-state index >= 15 is 0 Å². The molecule has 1 aromatic carbocycles. The highest BCUT2D eigenvalue weighted by Gasteiger charge is 2.12. The zero-order valence-electron chi connectivity index (χ0n) is 11.4. The maximum absolute atomic E-state index is 11.8. The first-order valence-electron chi connectivity index (χ1n) is 6.08. The molecule has 0 atom stereocenters. The molecular formula is C13H17ClN2O4. The van der Waals surface area contributed by atoms with Crippen LogP contribution in [-0.2, 0) is 4.74 Å². The molecule has 2 N–H and O–H groups in total. The Hall–Kier alpha value is -1.79. The van der Waals surface area contributed by atoms with Crippen molar-refractivity contribution in [1.82, 2.24) is 4.90 Å². The second-order valence-electron chi connectivity index (χ2n) is 4.05. The van der Waals surface area contributed by atoms with Crippen LogP contribution in [0.5, 0.6) is 0 Å². The highest BCUT2D eigenvalue weighted by molar-refractivity contribution is 6.33. The summed E-state index contributed by atoms with van der Waals surface area (Å²) in [6, 6.07) is 3.92. The van der Waals surface area contributed by atoms with Gasteiger partial charge in [-0.25, -0.2) is 9.59 Å². The fourth-order valence-corrected chi connectivity index (χ4v) is 1.69. The smallest absolute Gasteiger partial charge is 0.337 e. The lowest BCUT2D eigenvalue weighted by molar-refractivity contribution is 0.0697. The average Bonchev–Trinajstić information content (AvgIpc) is 2.38. The third kappa shape index (κ3) is 4.71. The summed E-state index contributed by atoms with van der Waals surface area (Å²) in [5.74, 6) is -1.11. The molecule has 1 rings (SSSR count). The van der Waals surface area contributed by atoms with Gasteiger partial charge in [0.25, 0.3) is 0 Å². The predicted octanol–water partition coefficient (Wildman–Crippen LogP) is 2.54. The zero-order chi connectivity index (χ0) is 15.1. The lowest BCUT2D eigenvalue weighted by Gasteiger charge is -2.18. The molecule has 1 aromatic rings. The van der Waals surface area contributed by atoms with Crippen LogP contribution in [0.3, 0.4) is 0 Å². The van der Waals surface area contributed by atoms with Crippen LogP contribution in [0.25, 0.3) is 0 Å². The van der Waals surface area contributed by atoms with Crippen LogP contribution in [0.15, 0.2) is 18.2 Å². The van der Waals surface area contributed by atoms with Gasteiger partial charge in [0, 0.05) is 25.9 Å². The van der Waals surface area contributed by atoms with E-state index in [4.69, 9.17) is 21.4 Å². The van der Waals surface area contributed by atoms with E-state index in [1.807, 2.05) is 6.92 Å². The number of halogens is 1. The number of rotatable bonds is 6. The van der Waals surface area contributed by atoms with E-state index in [-0.39, 0.29) is 16.6 Å². The number of anilines is 1. The van der Waals surface area contributed by atoms with Gasteiger partial charge in [0.05, 0.1) is 17.2 Å². The van der Waals surface area contributed by atoms with Crippen LogP contribution in [0.1, 0.15) is 17.3 Å². The van der Waals surface area contributed by atoms with Crippen molar-refractivity contribution in [3.8, 4) is 0 Å². The number of carboxylic acids is 1. The van der Waals surface area contributed by atoms with Gasteiger partial charge in [-0.05, 0) is 25.1 Å². The lowest BCUT2D eigenvalue weighted by atomic mass is 10.2. The first-order valence-corrected chi connectivity index (χ1v) is 6.46. The summed E-state index contributed by atoms with van der Waals surface area (Å²) in [5.41, 5.74) is 0.433. The van der Waals surface area contributed by atoms with E-state index in [0.29, 0.717) is 25.4 Å². The number of carbonyl (C=O) groups is 2. The fourth-order valence-electron chi connectivity index (χ4n) is 1.43. The molecule has 0 saturated heterocycles. The molecule has 2 amide bonds. The lowest BCUT2D eigenvalue weighted by Crippen LogP contribution is -2.34. The number of benzene rings is 1. The number of urea groups is 1. The van der Waals surface area contributed by atoms with E-state index in [1.165, 1.54) is 23.1 Å². The topological polar surface area (TPSA) is 78.9 Å². The molecule has 0 bridgehead atoms. The van der Waals surface area contributed by atoms with Crippen molar-refractivity contribution in [2.75, 3.05) is 32.1 Å². The first kappa shape index (κ1) is 16.3. The van der Waals surface area contributed by atoms with Crippen LogP contribution in [0, 0.1) is 0 Å². The van der Waals surface area contributed by atoms with Gasteiger partial charge in [-0.1, -0.05) is 11.6 Å². The first-order chi connectivity index (χ1) is 9.45. The second-order valence-corrected chi connectivity index (χ2v) is 4.46. The molecule has 0 fully saturated rings. The van der Waals surface area contributed by atoms with Crippen LogP contribution < -0.4 is 5.32 Å². The predicted molar refractivity (Wildman–Crippen MR) is 76.6 cm³/mol. The van der Waals surface area contributed by atoms with E-state index in [0.717, 1.165) is 0 Å². The molecule has 7 heteroatoms. The summed E-state index contributed by atoms with van der Waals surface area (Å²) in [7, 11) is 1.64. The van der Waals surface area contributed by atoms with Gasteiger partial charge in [-0.3, -0.25) is 0 Å². The molecule has 110 valence electrons. The van der Waals surface area contributed by atoms with Crippen molar-refractivity contribution in [2.45, 2.75) is 6.92 Å². The van der Waals surface area contributed by atoms with Crippen LogP contribution >= 0.6 is 11.6 Å². The highest BCUT2D eigenvalue weighted by atomic mass is 35.5. The average molecular weight is 301 g/mol. The molecule has 0 aliphatic heterocycles. The molecule has 0 aliphatic rings. The van der Waals surface area contributed by atoms with Crippen LogP contribution in [-0.4, -0.2) is 48.8 Å². The molecule has 0 aromatic heterocycles. The molecule has 6 nitrogen and oxygen atoms in total. The SMILES string of the molecule is CCOCCN(C)C(=O)Nc1ccc(C(=O)O)c(Cl)c1. The highest BCUT2D eigenvalue weighted by Crippen LogP contribution is 2.21. The maximum Gasteiger partial charge on any atom is 0.337 e. The van der Waals surface area contributed by atoms with E-state index in [1.54, 1.807) is 7.05 Å². The number of nitrogens with one attached hydrogen (secondary N) is 1. The number of likely N-dealkylation sites (N-methyl/N-ethyl adjacent to an activating group) is 1. The van der Waals surface area contributed by atoms with Gasteiger partial charge in [0.2, 0.25) is 0 Å². The normalized spacial score (nSPS) is 10.2. The van der Waals surface area contributed by atoms with Gasteiger partial charge in [0.1, 0.15) is 0 Å². The van der Waals surface area contributed by atoms with Crippen molar-refractivity contribution in [3.05, 3.63) is 28.8 Å². The molecule has 0 spiro atoms. The number of nitrogens with zero attached hydrogens (tertiary/aromatic N) is 1. The molecule has 0 aliphatic carbocycles. The van der Waals surface area contributed by atoms with Crippen molar-refractivity contribution in [2.24, 2.45) is 0 Å². The maximum atomic E-state index is 11.8. The van der Waals surface area contributed by atoms with Gasteiger partial charge in [-0.15, -0.1) is 0 Å². The molecule has 0 unspecified atom stereocenters. The minimum Gasteiger partial charge on any atom is -0.478 e. The Morgan fingerprint density at radius 2 is 2.15 bits per heavy atom. The number of hydrogen-bond donors (Lipinski definition) is 2. The molecule has 0 heterocycles. The summed E-state index contributed by atoms with van der Waals surface area (Å²) in [6.07, 6.45) is 0. The Kier molecular flexibility index (Phi) is 6.27. The number of amides is 2. The molecular weight excluding hydrogens is 284 g/mol. The monoisotopic (exact) mass is 300 g/mol. The summed E-state index contributed by atoms with van der Waals surface area (Å²) < 4.78 is 5.16. The van der Waals surface area contributed by atoms with E-state index < -0.39 is 5.97 Å². The van der Waals surface area contributed by atoms with Gasteiger partial charge in [-0.2, -0.15) is 0 Å². The summed E-state index contributed by atoms with van der Waals surface area (Å²) in [5, 5.41) is 11.6. The number of ether oxygens (including phenoxy) is 1. The Morgan fingerprint density at radius 1 is 1.45 bits per heavy atom. The summed E-state index contributed by atoms with van der Waals surface area (Å²) >= 11 is 5.82. The van der Waals surface area contributed by atoms with Gasteiger partial charge < -0.3 is 20.1 Å². The summed E-state index contributed by atoms with van der Waals surface area (Å²) in [6.45, 7) is 3.40. The Morgan fingerprint density at radius 3 is 2.70 bits per heavy atom. The number of carboxylic acid groups (broad SMARTS) is 1. The number of hydrogen-bond acceptors (Lipinski definition) is 3. The summed E-state index contributed by atoms with van der Waals surface area (Å²) in [4.78, 5) is 24.1. The minimum atomic E-state index is -1.11. The van der Waals surface area contributed by atoms with Crippen molar-refractivity contribution < 1.29 is 19.4 Å². The van der Waals surface area contributed by atoms with E-state index in [2.05, 4.69) is 5.32 Å². The van der Waals surface area contributed by atoms with Crippen molar-refractivity contribution in [3.63, 3.8) is 0 Å². The van der Waals surface area contributed by atoms with Crippen LogP contribution in [0.4, 0.5) is 10.5 Å². The third-order valence-electron chi connectivity index (χ3n) is 2.57. The molecule has 20 heavy (non-hydrogen) atoms. The Balaban J connectivity index is 2.62.